The maximum Gasteiger partial charge on any atom is 0.266 e. The molecule has 2 aromatic rings. The lowest BCUT2D eigenvalue weighted by Gasteiger charge is -2.06. The molecule has 104 valence electrons. The number of hydrogen-bond donors (Lipinski definition) is 1. The van der Waals surface area contributed by atoms with Crippen LogP contribution in [0.1, 0.15) is 16.8 Å². The van der Waals surface area contributed by atoms with Crippen LogP contribution in [0.25, 0.3) is 0 Å². The van der Waals surface area contributed by atoms with E-state index < -0.39 is 0 Å². The van der Waals surface area contributed by atoms with Crippen LogP contribution in [0.5, 0.6) is 0 Å². The topological polar surface area (TPSA) is 64.0 Å². The maximum absolute atomic E-state index is 11.8. The lowest BCUT2D eigenvalue weighted by molar-refractivity contribution is 0.0952. The average Bonchev–Trinajstić information content (AvgIpc) is 2.46. The Kier molecular flexibility index (Phi) is 5.28. The summed E-state index contributed by atoms with van der Waals surface area (Å²) in [6, 6.07) is 10.4. The smallest absolute Gasteiger partial charge is 0.266 e. The van der Waals surface area contributed by atoms with Gasteiger partial charge in [-0.15, -0.1) is 0 Å². The van der Waals surface area contributed by atoms with Crippen molar-refractivity contribution in [3.63, 3.8) is 0 Å². The van der Waals surface area contributed by atoms with Crippen LogP contribution in [-0.2, 0) is 6.54 Å². The van der Waals surface area contributed by atoms with Crippen LogP contribution in [0.3, 0.4) is 0 Å². The zero-order valence-corrected chi connectivity index (χ0v) is 12.9. The third-order valence-corrected chi connectivity index (χ3v) is 3.44. The first-order valence-corrected chi connectivity index (χ1v) is 7.30. The molecule has 1 aromatic heterocycles. The number of amides is 1. The fourth-order valence-corrected chi connectivity index (χ4v) is 2.05. The molecular formula is C14H14IN3O2. The SMILES string of the molecule is O=C(NCCCn1ncccc1=O)c1ccc(I)cc1. The Morgan fingerprint density at radius 3 is 2.70 bits per heavy atom. The van der Waals surface area contributed by atoms with Gasteiger partial charge in [0.2, 0.25) is 0 Å². The molecule has 2 rings (SSSR count). The predicted octanol–water partition coefficient (Wildman–Crippen LogP) is 1.67. The number of rotatable bonds is 5. The van der Waals surface area contributed by atoms with Crippen molar-refractivity contribution in [3.8, 4) is 0 Å². The van der Waals surface area contributed by atoms with E-state index in [9.17, 15) is 9.59 Å². The largest absolute Gasteiger partial charge is 0.352 e. The highest BCUT2D eigenvalue weighted by atomic mass is 127. The van der Waals surface area contributed by atoms with Crippen molar-refractivity contribution in [1.29, 1.82) is 0 Å². The van der Waals surface area contributed by atoms with E-state index in [2.05, 4.69) is 33.0 Å². The van der Waals surface area contributed by atoms with Gasteiger partial charge < -0.3 is 5.32 Å². The van der Waals surface area contributed by atoms with E-state index in [1.165, 1.54) is 10.7 Å². The molecule has 0 bridgehead atoms. The van der Waals surface area contributed by atoms with E-state index in [1.807, 2.05) is 12.1 Å². The first kappa shape index (κ1) is 14.7. The Balaban J connectivity index is 1.79. The van der Waals surface area contributed by atoms with Crippen LogP contribution in [-0.4, -0.2) is 22.2 Å². The summed E-state index contributed by atoms with van der Waals surface area (Å²) in [5.41, 5.74) is 0.511. The molecule has 5 nitrogen and oxygen atoms in total. The van der Waals surface area contributed by atoms with Gasteiger partial charge >= 0.3 is 0 Å². The lowest BCUT2D eigenvalue weighted by Crippen LogP contribution is -2.27. The Hall–Kier alpha value is -1.70. The van der Waals surface area contributed by atoms with Gasteiger partial charge in [0, 0.05) is 34.5 Å². The van der Waals surface area contributed by atoms with Crippen molar-refractivity contribution >= 4 is 28.5 Å². The number of nitrogens with one attached hydrogen (secondary N) is 1. The van der Waals surface area contributed by atoms with Crippen molar-refractivity contribution in [3.05, 3.63) is 62.1 Å². The first-order chi connectivity index (χ1) is 9.66. The molecule has 0 aliphatic heterocycles. The summed E-state index contributed by atoms with van der Waals surface area (Å²) < 4.78 is 2.48. The molecule has 1 amide bonds. The molecule has 0 atom stereocenters. The van der Waals surface area contributed by atoms with E-state index in [-0.39, 0.29) is 11.5 Å². The highest BCUT2D eigenvalue weighted by molar-refractivity contribution is 14.1. The molecule has 1 N–H and O–H groups in total. The summed E-state index contributed by atoms with van der Waals surface area (Å²) in [5.74, 6) is -0.102. The molecule has 20 heavy (non-hydrogen) atoms. The Morgan fingerprint density at radius 2 is 2.00 bits per heavy atom. The molecule has 1 aromatic carbocycles. The summed E-state index contributed by atoms with van der Waals surface area (Å²) in [6.45, 7) is 1.00. The fraction of sp³-hybridized carbons (Fsp3) is 0.214. The molecule has 0 aliphatic carbocycles. The zero-order valence-electron chi connectivity index (χ0n) is 10.8. The number of halogens is 1. The summed E-state index contributed by atoms with van der Waals surface area (Å²) in [4.78, 5) is 23.2. The van der Waals surface area contributed by atoms with Gasteiger partial charge in [0.1, 0.15) is 0 Å². The van der Waals surface area contributed by atoms with Crippen LogP contribution in [0.4, 0.5) is 0 Å². The van der Waals surface area contributed by atoms with Gasteiger partial charge in [-0.1, -0.05) is 0 Å². The predicted molar refractivity (Wildman–Crippen MR) is 84.6 cm³/mol. The minimum absolute atomic E-state index is 0.102. The summed E-state index contributed by atoms with van der Waals surface area (Å²) in [7, 11) is 0. The van der Waals surface area contributed by atoms with Crippen molar-refractivity contribution in [1.82, 2.24) is 15.1 Å². The second kappa shape index (κ2) is 7.18. The van der Waals surface area contributed by atoms with Crippen molar-refractivity contribution in [2.75, 3.05) is 6.54 Å². The van der Waals surface area contributed by atoms with E-state index >= 15 is 0 Å². The third-order valence-electron chi connectivity index (χ3n) is 2.72. The summed E-state index contributed by atoms with van der Waals surface area (Å²) >= 11 is 2.19. The van der Waals surface area contributed by atoms with Gasteiger partial charge in [-0.2, -0.15) is 5.10 Å². The highest BCUT2D eigenvalue weighted by Gasteiger charge is 2.04. The highest BCUT2D eigenvalue weighted by Crippen LogP contribution is 2.06. The number of aryl methyl sites for hydroxylation is 1. The van der Waals surface area contributed by atoms with E-state index in [4.69, 9.17) is 0 Å². The molecule has 0 saturated carbocycles. The number of carbonyl (C=O) groups is 1. The second-order valence-corrected chi connectivity index (χ2v) is 5.45. The van der Waals surface area contributed by atoms with Gasteiger partial charge in [-0.25, -0.2) is 4.68 Å². The molecule has 0 saturated heterocycles. The minimum atomic E-state index is -0.128. The maximum atomic E-state index is 11.8. The Labute approximate surface area is 130 Å². The number of benzene rings is 1. The monoisotopic (exact) mass is 383 g/mol. The van der Waals surface area contributed by atoms with Crippen LogP contribution in [0.2, 0.25) is 0 Å². The van der Waals surface area contributed by atoms with Gasteiger partial charge in [-0.3, -0.25) is 9.59 Å². The quantitative estimate of drug-likeness (QED) is 0.631. The molecular weight excluding hydrogens is 369 g/mol. The average molecular weight is 383 g/mol. The normalized spacial score (nSPS) is 10.2. The van der Waals surface area contributed by atoms with E-state index in [0.29, 0.717) is 25.1 Å². The van der Waals surface area contributed by atoms with Gasteiger partial charge in [-0.05, 0) is 59.3 Å². The van der Waals surface area contributed by atoms with Gasteiger partial charge in [0.15, 0.2) is 0 Å². The van der Waals surface area contributed by atoms with Crippen LogP contribution >= 0.6 is 22.6 Å². The number of carbonyl (C=O) groups excluding carboxylic acids is 1. The second-order valence-electron chi connectivity index (χ2n) is 4.20. The first-order valence-electron chi connectivity index (χ1n) is 6.23. The van der Waals surface area contributed by atoms with Crippen LogP contribution in [0.15, 0.2) is 47.4 Å². The molecule has 0 radical (unpaired) electrons. The number of hydrogen-bond acceptors (Lipinski definition) is 3. The van der Waals surface area contributed by atoms with Crippen molar-refractivity contribution in [2.24, 2.45) is 0 Å². The molecule has 6 heteroatoms. The standard InChI is InChI=1S/C14H14IN3O2/c15-12-6-4-11(5-7-12)14(20)16-8-2-10-18-13(19)3-1-9-17-18/h1,3-7,9H,2,8,10H2,(H,16,20). The third kappa shape index (κ3) is 4.16. The minimum Gasteiger partial charge on any atom is -0.352 e. The number of nitrogens with zero attached hydrogens (tertiary/aromatic N) is 2. The molecule has 1 heterocycles. The Morgan fingerprint density at radius 1 is 1.25 bits per heavy atom. The van der Waals surface area contributed by atoms with Gasteiger partial charge in [0.05, 0.1) is 0 Å². The molecule has 0 aliphatic rings. The lowest BCUT2D eigenvalue weighted by atomic mass is 10.2. The van der Waals surface area contributed by atoms with Crippen molar-refractivity contribution in [2.45, 2.75) is 13.0 Å². The van der Waals surface area contributed by atoms with Crippen LogP contribution in [0, 0.1) is 3.57 Å². The number of aromatic nitrogens is 2. The van der Waals surface area contributed by atoms with Crippen LogP contribution < -0.4 is 10.9 Å². The van der Waals surface area contributed by atoms with Gasteiger partial charge in [0.25, 0.3) is 11.5 Å². The Bertz CT molecular complexity index is 637. The molecule has 0 unspecified atom stereocenters. The van der Waals surface area contributed by atoms with Crippen molar-refractivity contribution < 1.29 is 4.79 Å². The fourth-order valence-electron chi connectivity index (χ4n) is 1.69. The molecule has 0 fully saturated rings. The summed E-state index contributed by atoms with van der Waals surface area (Å²) in [5, 5.41) is 6.78. The summed E-state index contributed by atoms with van der Waals surface area (Å²) in [6.07, 6.45) is 2.23. The molecule has 0 spiro atoms. The van der Waals surface area contributed by atoms with E-state index in [1.54, 1.807) is 24.4 Å². The van der Waals surface area contributed by atoms with E-state index in [0.717, 1.165) is 3.57 Å². The zero-order chi connectivity index (χ0) is 14.4.